The Morgan fingerprint density at radius 3 is 2.73 bits per heavy atom. The maximum absolute atomic E-state index is 13.2. The average molecular weight is 480 g/mol. The van der Waals surface area contributed by atoms with Crippen molar-refractivity contribution in [3.05, 3.63) is 81.7 Å². The molecular weight excluding hydrogens is 458 g/mol. The van der Waals surface area contributed by atoms with Crippen LogP contribution in [0.3, 0.4) is 0 Å². The number of rotatable bonds is 4. The van der Waals surface area contributed by atoms with E-state index in [-0.39, 0.29) is 28.7 Å². The number of nitrogens with zero attached hydrogens (tertiary/aromatic N) is 2. The molecule has 1 aliphatic heterocycles. The second-order valence-corrected chi connectivity index (χ2v) is 11.1. The molecule has 4 aromatic rings. The number of amides is 1. The van der Waals surface area contributed by atoms with Crippen LogP contribution >= 0.6 is 11.3 Å². The topological polar surface area (TPSA) is 98.1 Å². The Labute approximate surface area is 194 Å². The van der Waals surface area contributed by atoms with Gasteiger partial charge in [-0.3, -0.25) is 14.2 Å². The molecule has 33 heavy (non-hydrogen) atoms. The molecule has 0 radical (unpaired) electrons. The molecule has 1 amide bonds. The number of nitrogens with one attached hydrogen (secondary N) is 1. The van der Waals surface area contributed by atoms with Crippen LogP contribution in [0.15, 0.2) is 69.9 Å². The zero-order chi connectivity index (χ0) is 23.2. The summed E-state index contributed by atoms with van der Waals surface area (Å²) >= 11 is 1.39. The van der Waals surface area contributed by atoms with Crippen molar-refractivity contribution in [3.63, 3.8) is 0 Å². The van der Waals surface area contributed by atoms with Crippen molar-refractivity contribution in [2.24, 2.45) is 0 Å². The molecule has 0 saturated carbocycles. The van der Waals surface area contributed by atoms with Gasteiger partial charge in [0.05, 0.1) is 28.4 Å². The quantitative estimate of drug-likeness (QED) is 0.483. The summed E-state index contributed by atoms with van der Waals surface area (Å²) in [5, 5.41) is 5.30. The summed E-state index contributed by atoms with van der Waals surface area (Å²) < 4.78 is 26.0. The fourth-order valence-corrected chi connectivity index (χ4v) is 6.69. The maximum Gasteiger partial charge on any atom is 0.263 e. The Hall–Kier alpha value is -3.30. The maximum atomic E-state index is 13.2. The van der Waals surface area contributed by atoms with Gasteiger partial charge in [0.25, 0.3) is 5.56 Å². The van der Waals surface area contributed by atoms with Gasteiger partial charge >= 0.3 is 0 Å². The first-order chi connectivity index (χ1) is 15.8. The summed E-state index contributed by atoms with van der Waals surface area (Å²) in [6, 6.07) is 14.2. The molecule has 7 nitrogen and oxygen atoms in total. The van der Waals surface area contributed by atoms with E-state index < -0.39 is 15.9 Å². The zero-order valence-electron chi connectivity index (χ0n) is 17.8. The van der Waals surface area contributed by atoms with E-state index in [0.29, 0.717) is 22.2 Å². The smallest absolute Gasteiger partial charge is 0.263 e. The van der Waals surface area contributed by atoms with Gasteiger partial charge in [-0.15, -0.1) is 11.3 Å². The Kier molecular flexibility index (Phi) is 5.38. The summed E-state index contributed by atoms with van der Waals surface area (Å²) in [6.45, 7) is 1.80. The Balaban J connectivity index is 1.42. The number of hydrogen-bond acceptors (Lipinski definition) is 6. The lowest BCUT2D eigenvalue weighted by molar-refractivity contribution is -0.122. The predicted octanol–water partition coefficient (Wildman–Crippen LogP) is 3.47. The highest BCUT2D eigenvalue weighted by Crippen LogP contribution is 2.32. The minimum absolute atomic E-state index is 0.0305. The van der Waals surface area contributed by atoms with Crippen LogP contribution < -0.4 is 10.9 Å². The third kappa shape index (κ3) is 3.98. The van der Waals surface area contributed by atoms with E-state index in [1.807, 2.05) is 36.6 Å². The number of thiophene rings is 1. The van der Waals surface area contributed by atoms with E-state index >= 15 is 0 Å². The monoisotopic (exact) mass is 479 g/mol. The summed E-state index contributed by atoms with van der Waals surface area (Å²) in [5.41, 5.74) is 3.15. The van der Waals surface area contributed by atoms with E-state index in [2.05, 4.69) is 10.3 Å². The summed E-state index contributed by atoms with van der Waals surface area (Å²) in [6.07, 6.45) is 1.68. The molecule has 3 heterocycles. The SMILES string of the molecule is Cc1ccc(-c2csc3ncn(CC(=O)N[C@H]4CCS(=O)(=O)c5ccccc54)c(=O)c23)cc1. The van der Waals surface area contributed by atoms with E-state index in [9.17, 15) is 18.0 Å². The average Bonchev–Trinajstić information content (AvgIpc) is 3.23. The number of benzene rings is 2. The van der Waals surface area contributed by atoms with E-state index in [4.69, 9.17) is 0 Å². The number of aromatic nitrogens is 2. The number of fused-ring (bicyclic) bond motifs is 2. The van der Waals surface area contributed by atoms with Crippen molar-refractivity contribution in [3.8, 4) is 11.1 Å². The van der Waals surface area contributed by atoms with Crippen molar-refractivity contribution in [1.82, 2.24) is 14.9 Å². The van der Waals surface area contributed by atoms with Gasteiger partial charge in [-0.25, -0.2) is 13.4 Å². The molecule has 0 saturated heterocycles. The fraction of sp³-hybridized carbons (Fsp3) is 0.208. The molecule has 5 rings (SSSR count). The van der Waals surface area contributed by atoms with Crippen LogP contribution in [0.4, 0.5) is 0 Å². The lowest BCUT2D eigenvalue weighted by atomic mass is 10.0. The Morgan fingerprint density at radius 1 is 1.18 bits per heavy atom. The van der Waals surface area contributed by atoms with Crippen molar-refractivity contribution < 1.29 is 13.2 Å². The molecule has 168 valence electrons. The van der Waals surface area contributed by atoms with Gasteiger partial charge in [-0.1, -0.05) is 48.0 Å². The number of hydrogen-bond donors (Lipinski definition) is 1. The molecule has 0 spiro atoms. The largest absolute Gasteiger partial charge is 0.348 e. The van der Waals surface area contributed by atoms with Crippen LogP contribution in [0.2, 0.25) is 0 Å². The Morgan fingerprint density at radius 2 is 1.94 bits per heavy atom. The minimum Gasteiger partial charge on any atom is -0.348 e. The molecule has 1 atom stereocenters. The van der Waals surface area contributed by atoms with Crippen LogP contribution in [0, 0.1) is 6.92 Å². The molecule has 2 aromatic carbocycles. The number of sulfone groups is 1. The summed E-state index contributed by atoms with van der Waals surface area (Å²) in [5.74, 6) is -0.401. The van der Waals surface area contributed by atoms with Gasteiger partial charge in [-0.05, 0) is 30.5 Å². The first kappa shape index (κ1) is 21.5. The van der Waals surface area contributed by atoms with Crippen molar-refractivity contribution >= 4 is 37.3 Å². The second-order valence-electron chi connectivity index (χ2n) is 8.14. The highest BCUT2D eigenvalue weighted by molar-refractivity contribution is 7.91. The number of carbonyl (C=O) groups excluding carboxylic acids is 1. The third-order valence-electron chi connectivity index (χ3n) is 5.88. The van der Waals surface area contributed by atoms with Crippen molar-refractivity contribution in [2.75, 3.05) is 5.75 Å². The van der Waals surface area contributed by atoms with E-state index in [1.165, 1.54) is 22.2 Å². The molecule has 0 aliphatic carbocycles. The van der Waals surface area contributed by atoms with Gasteiger partial charge < -0.3 is 5.32 Å². The molecule has 1 aliphatic rings. The highest BCUT2D eigenvalue weighted by atomic mass is 32.2. The van der Waals surface area contributed by atoms with E-state index in [0.717, 1.165) is 16.7 Å². The van der Waals surface area contributed by atoms with Crippen LogP contribution in [0.25, 0.3) is 21.3 Å². The van der Waals surface area contributed by atoms with Crippen LogP contribution in [0.5, 0.6) is 0 Å². The molecule has 2 aromatic heterocycles. The summed E-state index contributed by atoms with van der Waals surface area (Å²) in [4.78, 5) is 31.3. The second kappa shape index (κ2) is 8.24. The van der Waals surface area contributed by atoms with Crippen LogP contribution in [-0.2, 0) is 21.2 Å². The van der Waals surface area contributed by atoms with Gasteiger partial charge in [0, 0.05) is 10.9 Å². The fourth-order valence-electron chi connectivity index (χ4n) is 4.16. The highest BCUT2D eigenvalue weighted by Gasteiger charge is 2.30. The molecule has 1 N–H and O–H groups in total. The molecule has 9 heteroatoms. The standard InChI is InChI=1S/C24H21N3O4S2/c1-15-6-8-16(9-7-15)18-13-32-23-22(18)24(29)27(14-25-23)12-21(28)26-19-10-11-33(30,31)20-5-3-2-4-17(19)20/h2-9,13-14,19H,10-12H2,1H3,(H,26,28)/t19-/m0/s1. The summed E-state index contributed by atoms with van der Waals surface area (Å²) in [7, 11) is -3.34. The van der Waals surface area contributed by atoms with Gasteiger partial charge in [-0.2, -0.15) is 0 Å². The van der Waals surface area contributed by atoms with Gasteiger partial charge in [0.15, 0.2) is 9.84 Å². The zero-order valence-corrected chi connectivity index (χ0v) is 19.4. The first-order valence-corrected chi connectivity index (χ1v) is 13.0. The van der Waals surface area contributed by atoms with Crippen molar-refractivity contribution in [1.29, 1.82) is 0 Å². The first-order valence-electron chi connectivity index (χ1n) is 10.5. The van der Waals surface area contributed by atoms with Crippen LogP contribution in [-0.4, -0.2) is 29.6 Å². The molecule has 0 bridgehead atoms. The molecular formula is C24H21N3O4S2. The van der Waals surface area contributed by atoms with Crippen LogP contribution in [0.1, 0.15) is 23.6 Å². The van der Waals surface area contributed by atoms with Gasteiger partial charge in [0.1, 0.15) is 11.4 Å². The number of carbonyl (C=O) groups is 1. The molecule has 0 unspecified atom stereocenters. The predicted molar refractivity (Wildman–Crippen MR) is 128 cm³/mol. The minimum atomic E-state index is -3.34. The number of aryl methyl sites for hydroxylation is 1. The third-order valence-corrected chi connectivity index (χ3v) is 8.58. The lowest BCUT2D eigenvalue weighted by Gasteiger charge is -2.26. The normalized spacial score (nSPS) is 16.9. The van der Waals surface area contributed by atoms with Gasteiger partial charge in [0.2, 0.25) is 5.91 Å². The lowest BCUT2D eigenvalue weighted by Crippen LogP contribution is -2.37. The van der Waals surface area contributed by atoms with E-state index in [1.54, 1.807) is 24.3 Å². The Bertz CT molecular complexity index is 1540. The molecule has 0 fully saturated rings. The van der Waals surface area contributed by atoms with Crippen molar-refractivity contribution in [2.45, 2.75) is 30.8 Å².